The Morgan fingerprint density at radius 3 is 2.81 bits per heavy atom. The first kappa shape index (κ1) is 22.8. The van der Waals surface area contributed by atoms with E-state index < -0.39 is 11.3 Å². The molecule has 3 aliphatic heterocycles. The molecule has 3 atom stereocenters. The van der Waals surface area contributed by atoms with Crippen LogP contribution in [-0.2, 0) is 4.79 Å². The number of pyridine rings is 2. The Balaban J connectivity index is 1.27. The molecule has 0 aliphatic carbocycles. The van der Waals surface area contributed by atoms with Gasteiger partial charge >= 0.3 is 6.03 Å². The summed E-state index contributed by atoms with van der Waals surface area (Å²) < 4.78 is 5.85. The fraction of sp³-hybridized carbons (Fsp3) is 0.308. The molecule has 36 heavy (non-hydrogen) atoms. The van der Waals surface area contributed by atoms with Gasteiger partial charge in [-0.05, 0) is 50.6 Å². The maximum atomic E-state index is 13.4. The molecular weight excluding hydrogens is 476 g/mol. The van der Waals surface area contributed by atoms with Crippen LogP contribution in [0.4, 0.5) is 16.2 Å². The number of ether oxygens (including phenoxy) is 1. The van der Waals surface area contributed by atoms with Gasteiger partial charge in [-0.2, -0.15) is 0 Å². The van der Waals surface area contributed by atoms with Gasteiger partial charge in [-0.15, -0.1) is 0 Å². The van der Waals surface area contributed by atoms with Gasteiger partial charge < -0.3 is 20.7 Å². The van der Waals surface area contributed by atoms with Gasteiger partial charge in [-0.25, -0.2) is 14.8 Å². The van der Waals surface area contributed by atoms with E-state index in [2.05, 4.69) is 25.9 Å². The van der Waals surface area contributed by atoms with E-state index in [1.165, 1.54) is 11.8 Å². The summed E-state index contributed by atoms with van der Waals surface area (Å²) in [4.78, 5) is 37.3. The first-order valence-corrected chi connectivity index (χ1v) is 12.9. The van der Waals surface area contributed by atoms with Crippen molar-refractivity contribution in [3.8, 4) is 11.6 Å². The lowest BCUT2D eigenvalue weighted by Gasteiger charge is -2.35. The number of piperidine rings is 1. The topological polar surface area (TPSA) is 108 Å². The van der Waals surface area contributed by atoms with Gasteiger partial charge in [-0.3, -0.25) is 9.69 Å². The Labute approximate surface area is 213 Å². The molecule has 2 unspecified atom stereocenters. The normalized spacial score (nSPS) is 22.5. The number of anilines is 2. The Morgan fingerprint density at radius 2 is 2.03 bits per heavy atom. The van der Waals surface area contributed by atoms with Crippen LogP contribution in [0.5, 0.6) is 11.6 Å². The zero-order chi connectivity index (χ0) is 24.6. The lowest BCUT2D eigenvalue weighted by atomic mass is 9.99. The molecule has 2 aromatic heterocycles. The lowest BCUT2D eigenvalue weighted by molar-refractivity contribution is -0.121. The number of rotatable bonds is 5. The minimum Gasteiger partial charge on any atom is -0.439 e. The Kier molecular flexibility index (Phi) is 5.98. The second-order valence-electron chi connectivity index (χ2n) is 9.07. The predicted octanol–water partition coefficient (Wildman–Crippen LogP) is 3.82. The molecule has 0 bridgehead atoms. The number of urea groups is 1. The third-order valence-electron chi connectivity index (χ3n) is 6.65. The van der Waals surface area contributed by atoms with E-state index in [9.17, 15) is 9.59 Å². The zero-order valence-corrected chi connectivity index (χ0v) is 20.5. The molecule has 6 rings (SSSR count). The number of aromatic nitrogens is 2. The molecule has 1 saturated heterocycles. The molecule has 3 amide bonds. The lowest BCUT2D eigenvalue weighted by Crippen LogP contribution is -2.52. The summed E-state index contributed by atoms with van der Waals surface area (Å²) in [5.41, 5.74) is 2.88. The van der Waals surface area contributed by atoms with Crippen molar-refractivity contribution in [2.24, 2.45) is 0 Å². The molecule has 1 fully saturated rings. The highest BCUT2D eigenvalue weighted by Crippen LogP contribution is 2.50. The van der Waals surface area contributed by atoms with Crippen molar-refractivity contribution in [3.05, 3.63) is 66.0 Å². The standard InChI is InChI=1S/C26H26N6O3S/c1-15-18(9-10-20(29-15)35-17-7-3-2-4-8-17)32-19-11-13-28-25-21(19)22(31-26(32)34)23(36-25)24(33)30-16-6-5-12-27-14-16/h2-4,7-11,13,16,22-23,27H,5-6,12,14H2,1H3,(H,30,33)(H,31,34)/t16?,22?,23-/m1/s1. The molecule has 3 aromatic rings. The van der Waals surface area contributed by atoms with Gasteiger partial charge in [0.15, 0.2) is 0 Å². The smallest absolute Gasteiger partial charge is 0.327 e. The Morgan fingerprint density at radius 1 is 1.17 bits per heavy atom. The van der Waals surface area contributed by atoms with Crippen molar-refractivity contribution in [2.75, 3.05) is 18.0 Å². The molecule has 0 radical (unpaired) electrons. The van der Waals surface area contributed by atoms with E-state index in [0.717, 1.165) is 42.2 Å². The zero-order valence-electron chi connectivity index (χ0n) is 19.7. The first-order chi connectivity index (χ1) is 17.6. The van der Waals surface area contributed by atoms with Crippen LogP contribution < -0.4 is 25.6 Å². The summed E-state index contributed by atoms with van der Waals surface area (Å²) in [7, 11) is 0. The van der Waals surface area contributed by atoms with Crippen LogP contribution in [0.3, 0.4) is 0 Å². The summed E-state index contributed by atoms with van der Waals surface area (Å²) >= 11 is 1.41. The maximum absolute atomic E-state index is 13.4. The van der Waals surface area contributed by atoms with Crippen molar-refractivity contribution >= 4 is 35.1 Å². The number of aryl methyl sites for hydroxylation is 1. The van der Waals surface area contributed by atoms with Crippen molar-refractivity contribution in [2.45, 2.75) is 42.1 Å². The number of nitrogens with one attached hydrogen (secondary N) is 3. The molecule has 10 heteroatoms. The summed E-state index contributed by atoms with van der Waals surface area (Å²) in [6.07, 6.45) is 3.67. The van der Waals surface area contributed by atoms with Crippen LogP contribution >= 0.6 is 11.8 Å². The average Bonchev–Trinajstić information content (AvgIpc) is 3.26. The molecular formula is C26H26N6O3S. The number of hydrogen-bond donors (Lipinski definition) is 3. The predicted molar refractivity (Wildman–Crippen MR) is 137 cm³/mol. The highest BCUT2D eigenvalue weighted by molar-refractivity contribution is 8.01. The molecule has 0 saturated carbocycles. The monoisotopic (exact) mass is 502 g/mol. The summed E-state index contributed by atoms with van der Waals surface area (Å²) in [5.74, 6) is 1.06. The van der Waals surface area contributed by atoms with Crippen LogP contribution in [0.1, 0.15) is 30.1 Å². The van der Waals surface area contributed by atoms with Gasteiger partial charge in [-0.1, -0.05) is 30.0 Å². The maximum Gasteiger partial charge on any atom is 0.327 e. The highest BCUT2D eigenvalue weighted by Gasteiger charge is 2.47. The number of carbonyl (C=O) groups excluding carboxylic acids is 2. The number of hydrogen-bond acceptors (Lipinski definition) is 7. The number of benzene rings is 1. The van der Waals surface area contributed by atoms with Gasteiger partial charge in [0.1, 0.15) is 16.0 Å². The highest BCUT2D eigenvalue weighted by atomic mass is 32.2. The SMILES string of the molecule is Cc1nc(Oc2ccccc2)ccc1N1C(=O)NC2c3c1ccnc3S[C@H]2C(=O)NC1CCCNC1. The second-order valence-corrected chi connectivity index (χ2v) is 10.2. The molecule has 0 spiro atoms. The molecule has 1 aromatic carbocycles. The minimum atomic E-state index is -0.470. The fourth-order valence-corrected chi connectivity index (χ4v) is 6.19. The molecule has 5 heterocycles. The van der Waals surface area contributed by atoms with Crippen LogP contribution in [0, 0.1) is 6.92 Å². The van der Waals surface area contributed by atoms with Crippen LogP contribution in [0.2, 0.25) is 0 Å². The Bertz CT molecular complexity index is 1310. The third kappa shape index (κ3) is 4.16. The van der Waals surface area contributed by atoms with E-state index >= 15 is 0 Å². The van der Waals surface area contributed by atoms with Crippen molar-refractivity contribution < 1.29 is 14.3 Å². The van der Waals surface area contributed by atoms with E-state index in [-0.39, 0.29) is 18.0 Å². The van der Waals surface area contributed by atoms with Crippen molar-refractivity contribution in [1.29, 1.82) is 0 Å². The van der Waals surface area contributed by atoms with Crippen molar-refractivity contribution in [1.82, 2.24) is 25.9 Å². The Hall–Kier alpha value is -3.63. The molecule has 3 aliphatic rings. The number of thioether (sulfide) groups is 1. The number of para-hydroxylation sites is 1. The largest absolute Gasteiger partial charge is 0.439 e. The number of carbonyl (C=O) groups is 2. The average molecular weight is 503 g/mol. The van der Waals surface area contributed by atoms with E-state index in [4.69, 9.17) is 4.74 Å². The number of nitrogens with zero attached hydrogens (tertiary/aromatic N) is 3. The van der Waals surface area contributed by atoms with Crippen LogP contribution in [-0.4, -0.2) is 46.3 Å². The third-order valence-corrected chi connectivity index (χ3v) is 7.94. The summed E-state index contributed by atoms with van der Waals surface area (Å²) in [5, 5.41) is 9.84. The molecule has 9 nitrogen and oxygen atoms in total. The fourth-order valence-electron chi connectivity index (χ4n) is 4.96. The van der Waals surface area contributed by atoms with Crippen molar-refractivity contribution in [3.63, 3.8) is 0 Å². The van der Waals surface area contributed by atoms with Gasteiger partial charge in [0.2, 0.25) is 11.8 Å². The van der Waals surface area contributed by atoms with E-state index in [0.29, 0.717) is 23.0 Å². The summed E-state index contributed by atoms with van der Waals surface area (Å²) in [6, 6.07) is 14.2. The summed E-state index contributed by atoms with van der Waals surface area (Å²) in [6.45, 7) is 3.59. The quantitative estimate of drug-likeness (QED) is 0.487. The molecule has 184 valence electrons. The van der Waals surface area contributed by atoms with Crippen LogP contribution in [0.15, 0.2) is 59.8 Å². The second kappa shape index (κ2) is 9.44. The van der Waals surface area contributed by atoms with Gasteiger partial charge in [0.05, 0.1) is 23.1 Å². The van der Waals surface area contributed by atoms with Crippen LogP contribution in [0.25, 0.3) is 0 Å². The first-order valence-electron chi connectivity index (χ1n) is 12.1. The van der Waals surface area contributed by atoms with Gasteiger partial charge in [0, 0.05) is 30.4 Å². The van der Waals surface area contributed by atoms with Gasteiger partial charge in [0.25, 0.3) is 0 Å². The molecule has 3 N–H and O–H groups in total. The minimum absolute atomic E-state index is 0.0725. The van der Waals surface area contributed by atoms with E-state index in [1.54, 1.807) is 17.2 Å². The van der Waals surface area contributed by atoms with E-state index in [1.807, 2.05) is 49.4 Å². The number of amides is 3.